The van der Waals surface area contributed by atoms with E-state index in [-0.39, 0.29) is 0 Å². The zero-order valence-corrected chi connectivity index (χ0v) is 10.7. The minimum absolute atomic E-state index is 0.825. The lowest BCUT2D eigenvalue weighted by atomic mass is 10.2. The smallest absolute Gasteiger partial charge is 0.200 e. The molecule has 0 saturated carbocycles. The molecular weight excluding hydrogens is 236 g/mol. The molecule has 0 N–H and O–H groups in total. The van der Waals surface area contributed by atoms with E-state index in [0.29, 0.717) is 0 Å². The summed E-state index contributed by atoms with van der Waals surface area (Å²) in [6.45, 7) is 0. The van der Waals surface area contributed by atoms with Gasteiger partial charge in [0.05, 0.1) is 5.69 Å². The van der Waals surface area contributed by atoms with Crippen LogP contribution in [0.15, 0.2) is 66.8 Å². The van der Waals surface area contributed by atoms with E-state index in [1.54, 1.807) is 12.4 Å². The van der Waals surface area contributed by atoms with E-state index in [1.807, 2.05) is 66.6 Å². The Bertz CT molecular complexity index is 632. The van der Waals surface area contributed by atoms with Crippen LogP contribution in [-0.2, 0) is 0 Å². The van der Waals surface area contributed by atoms with Crippen molar-refractivity contribution in [3.8, 4) is 5.75 Å². The number of nitrogens with zero attached hydrogens (tertiary/aromatic N) is 2. The first-order valence-corrected chi connectivity index (χ1v) is 6.13. The number of rotatable bonds is 2. The molecule has 1 aromatic heterocycles. The summed E-state index contributed by atoms with van der Waals surface area (Å²) in [5, 5.41) is 0. The molecule has 0 fully saturated rings. The fraction of sp³-hybridized carbons (Fsp3) is 0.0625. The fourth-order valence-corrected chi connectivity index (χ4v) is 1.98. The molecule has 3 heteroatoms. The third-order valence-electron chi connectivity index (χ3n) is 3.01. The topological polar surface area (TPSA) is 25.4 Å². The summed E-state index contributed by atoms with van der Waals surface area (Å²) >= 11 is 0. The van der Waals surface area contributed by atoms with Gasteiger partial charge in [0.15, 0.2) is 11.6 Å². The second-order valence-electron chi connectivity index (χ2n) is 4.27. The van der Waals surface area contributed by atoms with Crippen LogP contribution in [-0.4, -0.2) is 12.0 Å². The summed E-state index contributed by atoms with van der Waals surface area (Å²) < 4.78 is 5.78. The summed E-state index contributed by atoms with van der Waals surface area (Å²) in [7, 11) is 2.00. The van der Waals surface area contributed by atoms with Gasteiger partial charge < -0.3 is 9.64 Å². The normalized spacial score (nSPS) is 15.8. The van der Waals surface area contributed by atoms with Gasteiger partial charge in [-0.25, -0.2) is 0 Å². The molecule has 2 heterocycles. The molecule has 0 spiro atoms. The van der Waals surface area contributed by atoms with Crippen molar-refractivity contribution in [2.75, 3.05) is 11.9 Å². The Morgan fingerprint density at radius 3 is 2.68 bits per heavy atom. The molecule has 0 aliphatic carbocycles. The standard InChI is InChI=1S/C16H14N2O/c1-18-14-6-2-3-7-15(14)19-16(18)8-4-5-13-9-11-17-12-10-13/h2-12H,1H3. The summed E-state index contributed by atoms with van der Waals surface area (Å²) in [5.74, 6) is 1.72. The van der Waals surface area contributed by atoms with Crippen LogP contribution in [0.1, 0.15) is 5.56 Å². The summed E-state index contributed by atoms with van der Waals surface area (Å²) in [5.41, 5.74) is 2.20. The average Bonchev–Trinajstić information content (AvgIpc) is 2.78. The number of allylic oxidation sites excluding steroid dienone is 2. The van der Waals surface area contributed by atoms with Crippen LogP contribution in [0, 0.1) is 0 Å². The van der Waals surface area contributed by atoms with E-state index < -0.39 is 0 Å². The Morgan fingerprint density at radius 1 is 1.11 bits per heavy atom. The number of aromatic nitrogens is 1. The highest BCUT2D eigenvalue weighted by Gasteiger charge is 2.21. The van der Waals surface area contributed by atoms with Crippen molar-refractivity contribution in [3.05, 3.63) is 72.4 Å². The number of hydrogen-bond donors (Lipinski definition) is 0. The van der Waals surface area contributed by atoms with E-state index in [1.165, 1.54) is 0 Å². The van der Waals surface area contributed by atoms with Crippen LogP contribution in [0.4, 0.5) is 5.69 Å². The van der Waals surface area contributed by atoms with Gasteiger partial charge in [-0.05, 0) is 35.9 Å². The maximum atomic E-state index is 5.78. The van der Waals surface area contributed by atoms with Crippen molar-refractivity contribution in [2.45, 2.75) is 0 Å². The number of hydrogen-bond acceptors (Lipinski definition) is 3. The Morgan fingerprint density at radius 2 is 1.89 bits per heavy atom. The van der Waals surface area contributed by atoms with Crippen molar-refractivity contribution < 1.29 is 4.74 Å². The Balaban J connectivity index is 1.78. The molecule has 3 rings (SSSR count). The molecule has 0 saturated heterocycles. The maximum Gasteiger partial charge on any atom is 0.200 e. The number of anilines is 1. The number of para-hydroxylation sites is 2. The van der Waals surface area contributed by atoms with Gasteiger partial charge in [0.25, 0.3) is 0 Å². The van der Waals surface area contributed by atoms with Crippen molar-refractivity contribution in [3.63, 3.8) is 0 Å². The highest BCUT2D eigenvalue weighted by Crippen LogP contribution is 2.37. The number of benzene rings is 1. The van der Waals surface area contributed by atoms with Gasteiger partial charge >= 0.3 is 0 Å². The van der Waals surface area contributed by atoms with Gasteiger partial charge in [-0.15, -0.1) is 0 Å². The molecule has 2 aromatic rings. The van der Waals surface area contributed by atoms with E-state index in [4.69, 9.17) is 4.74 Å². The second-order valence-corrected chi connectivity index (χ2v) is 4.27. The molecular formula is C16H14N2O. The van der Waals surface area contributed by atoms with E-state index in [2.05, 4.69) is 4.98 Å². The SMILES string of the molecule is CN1C(=CC=Cc2ccncc2)Oc2ccccc21. The monoisotopic (exact) mass is 250 g/mol. The first-order valence-electron chi connectivity index (χ1n) is 6.13. The summed E-state index contributed by atoms with van der Waals surface area (Å²) in [6, 6.07) is 11.9. The fourth-order valence-electron chi connectivity index (χ4n) is 1.98. The molecule has 19 heavy (non-hydrogen) atoms. The van der Waals surface area contributed by atoms with Gasteiger partial charge in [-0.1, -0.05) is 24.3 Å². The lowest BCUT2D eigenvalue weighted by Gasteiger charge is -2.09. The maximum absolute atomic E-state index is 5.78. The molecule has 1 aliphatic heterocycles. The lowest BCUT2D eigenvalue weighted by molar-refractivity contribution is 0.444. The van der Waals surface area contributed by atoms with Crippen molar-refractivity contribution >= 4 is 11.8 Å². The summed E-state index contributed by atoms with van der Waals surface area (Å²) in [6.07, 6.45) is 9.52. The van der Waals surface area contributed by atoms with Gasteiger partial charge in [-0.2, -0.15) is 0 Å². The highest BCUT2D eigenvalue weighted by atomic mass is 16.5. The predicted molar refractivity (Wildman–Crippen MR) is 76.8 cm³/mol. The Kier molecular flexibility index (Phi) is 3.02. The van der Waals surface area contributed by atoms with Crippen LogP contribution < -0.4 is 9.64 Å². The molecule has 0 bridgehead atoms. The Labute approximate surface area is 112 Å². The Hall–Kier alpha value is -2.55. The third kappa shape index (κ3) is 2.36. The molecule has 94 valence electrons. The second kappa shape index (κ2) is 4.98. The number of pyridine rings is 1. The van der Waals surface area contributed by atoms with Crippen LogP contribution in [0.5, 0.6) is 5.75 Å². The van der Waals surface area contributed by atoms with Gasteiger partial charge in [-0.3, -0.25) is 4.98 Å². The molecule has 3 nitrogen and oxygen atoms in total. The largest absolute Gasteiger partial charge is 0.439 e. The minimum atomic E-state index is 0.825. The lowest BCUT2D eigenvalue weighted by Crippen LogP contribution is -2.12. The van der Waals surface area contributed by atoms with Crippen LogP contribution >= 0.6 is 0 Å². The molecule has 0 radical (unpaired) electrons. The van der Waals surface area contributed by atoms with Crippen LogP contribution in [0.3, 0.4) is 0 Å². The highest BCUT2D eigenvalue weighted by molar-refractivity contribution is 5.66. The first-order chi connectivity index (χ1) is 9.34. The average molecular weight is 250 g/mol. The van der Waals surface area contributed by atoms with E-state index in [9.17, 15) is 0 Å². The van der Waals surface area contributed by atoms with Gasteiger partial charge in [0.2, 0.25) is 0 Å². The predicted octanol–water partition coefficient (Wildman–Crippen LogP) is 3.47. The van der Waals surface area contributed by atoms with Crippen LogP contribution in [0.2, 0.25) is 0 Å². The molecule has 1 aliphatic rings. The molecule has 1 aromatic carbocycles. The van der Waals surface area contributed by atoms with Crippen molar-refractivity contribution in [1.82, 2.24) is 4.98 Å². The quantitative estimate of drug-likeness (QED) is 0.816. The van der Waals surface area contributed by atoms with E-state index >= 15 is 0 Å². The number of fused-ring (bicyclic) bond motifs is 1. The van der Waals surface area contributed by atoms with Crippen LogP contribution in [0.25, 0.3) is 6.08 Å². The molecule has 0 atom stereocenters. The third-order valence-corrected chi connectivity index (χ3v) is 3.01. The van der Waals surface area contributed by atoms with Crippen molar-refractivity contribution in [2.24, 2.45) is 0 Å². The van der Waals surface area contributed by atoms with Gasteiger partial charge in [0.1, 0.15) is 0 Å². The molecule has 0 amide bonds. The zero-order chi connectivity index (χ0) is 13.1. The van der Waals surface area contributed by atoms with E-state index in [0.717, 1.165) is 22.9 Å². The zero-order valence-electron chi connectivity index (χ0n) is 10.7. The van der Waals surface area contributed by atoms with Crippen molar-refractivity contribution in [1.29, 1.82) is 0 Å². The summed E-state index contributed by atoms with van der Waals surface area (Å²) in [4.78, 5) is 6.02. The first kappa shape index (κ1) is 11.5. The van der Waals surface area contributed by atoms with Gasteiger partial charge in [0, 0.05) is 19.4 Å². The number of ether oxygens (including phenoxy) is 1. The minimum Gasteiger partial charge on any atom is -0.439 e. The molecule has 0 unspecified atom stereocenters.